The Labute approximate surface area is 129 Å². The average molecular weight is 290 g/mol. The molecule has 21 heavy (non-hydrogen) atoms. The van der Waals surface area contributed by atoms with Crippen molar-refractivity contribution in [2.24, 2.45) is 17.3 Å². The minimum absolute atomic E-state index is 0.374. The molecule has 2 rings (SSSR count). The van der Waals surface area contributed by atoms with E-state index < -0.39 is 0 Å². The largest absolute Gasteiger partial charge is 0.355 e. The number of aromatic nitrogens is 2. The molecule has 1 saturated heterocycles. The Morgan fingerprint density at radius 1 is 1.33 bits per heavy atom. The summed E-state index contributed by atoms with van der Waals surface area (Å²) in [7, 11) is 0. The van der Waals surface area contributed by atoms with E-state index in [2.05, 4.69) is 49.8 Å². The number of hydrogen-bond donors (Lipinski definition) is 1. The van der Waals surface area contributed by atoms with Gasteiger partial charge in [-0.1, -0.05) is 34.6 Å². The van der Waals surface area contributed by atoms with Crippen LogP contribution in [0.15, 0.2) is 12.4 Å². The zero-order valence-electron chi connectivity index (χ0n) is 14.2. The first-order chi connectivity index (χ1) is 9.86. The van der Waals surface area contributed by atoms with E-state index in [-0.39, 0.29) is 0 Å². The molecule has 4 heteroatoms. The topological polar surface area (TPSA) is 41.1 Å². The summed E-state index contributed by atoms with van der Waals surface area (Å²) in [6, 6.07) is 0. The minimum Gasteiger partial charge on any atom is -0.355 e. The summed E-state index contributed by atoms with van der Waals surface area (Å²) in [5.41, 5.74) is 1.41. The molecule has 1 fully saturated rings. The highest BCUT2D eigenvalue weighted by Gasteiger charge is 2.32. The van der Waals surface area contributed by atoms with Crippen LogP contribution in [-0.2, 0) is 6.54 Å². The van der Waals surface area contributed by atoms with E-state index in [1.807, 2.05) is 12.4 Å². The highest BCUT2D eigenvalue weighted by Crippen LogP contribution is 2.34. The molecule has 0 amide bonds. The van der Waals surface area contributed by atoms with Gasteiger partial charge in [0.25, 0.3) is 0 Å². The first-order valence-corrected chi connectivity index (χ1v) is 8.13. The average Bonchev–Trinajstić information content (AvgIpc) is 2.88. The molecule has 0 saturated carbocycles. The lowest BCUT2D eigenvalue weighted by Gasteiger charge is -2.27. The zero-order chi connectivity index (χ0) is 15.5. The van der Waals surface area contributed by atoms with Crippen LogP contribution in [0.3, 0.4) is 0 Å². The molecular formula is C17H30N4. The summed E-state index contributed by atoms with van der Waals surface area (Å²) >= 11 is 0. The fourth-order valence-corrected chi connectivity index (χ4v) is 2.80. The molecule has 1 aromatic rings. The Morgan fingerprint density at radius 2 is 2.10 bits per heavy atom. The van der Waals surface area contributed by atoms with Crippen LogP contribution in [0.4, 0.5) is 5.82 Å². The smallest absolute Gasteiger partial charge is 0.147 e. The number of rotatable bonds is 5. The molecule has 4 nitrogen and oxygen atoms in total. The Kier molecular flexibility index (Phi) is 5.20. The van der Waals surface area contributed by atoms with Gasteiger partial charge in [0, 0.05) is 25.8 Å². The normalized spacial score (nSPS) is 19.5. The van der Waals surface area contributed by atoms with E-state index in [1.165, 1.54) is 6.42 Å². The Bertz CT molecular complexity index is 450. The van der Waals surface area contributed by atoms with Gasteiger partial charge in [0.2, 0.25) is 0 Å². The van der Waals surface area contributed by atoms with Crippen LogP contribution in [0.25, 0.3) is 0 Å². The highest BCUT2D eigenvalue weighted by molar-refractivity contribution is 5.38. The second-order valence-electron chi connectivity index (χ2n) is 7.69. The Hall–Kier alpha value is -1.16. The van der Waals surface area contributed by atoms with E-state index in [0.717, 1.165) is 43.6 Å². The number of nitrogens with one attached hydrogen (secondary N) is 1. The fourth-order valence-electron chi connectivity index (χ4n) is 2.80. The molecule has 0 bridgehead atoms. The SMILES string of the molecule is CC(C)CNCc1cncc(N2CCC(C(C)(C)C)C2)n1. The summed E-state index contributed by atoms with van der Waals surface area (Å²) in [6.45, 7) is 15.4. The molecule has 2 heterocycles. The third kappa shape index (κ3) is 4.67. The molecule has 0 aliphatic carbocycles. The third-order valence-corrected chi connectivity index (χ3v) is 4.27. The molecule has 1 aliphatic heterocycles. The van der Waals surface area contributed by atoms with E-state index in [4.69, 9.17) is 4.98 Å². The van der Waals surface area contributed by atoms with Gasteiger partial charge in [0.05, 0.1) is 11.9 Å². The first-order valence-electron chi connectivity index (χ1n) is 8.13. The summed E-state index contributed by atoms with van der Waals surface area (Å²) in [4.78, 5) is 11.5. The molecule has 0 aromatic carbocycles. The molecule has 1 unspecified atom stereocenters. The van der Waals surface area contributed by atoms with E-state index in [1.54, 1.807) is 0 Å². The number of hydrogen-bond acceptors (Lipinski definition) is 4. The molecular weight excluding hydrogens is 260 g/mol. The van der Waals surface area contributed by atoms with Crippen molar-refractivity contribution in [3.8, 4) is 0 Å². The molecule has 0 spiro atoms. The predicted octanol–water partition coefficient (Wildman–Crippen LogP) is 3.09. The van der Waals surface area contributed by atoms with Gasteiger partial charge in [-0.3, -0.25) is 4.98 Å². The van der Waals surface area contributed by atoms with Gasteiger partial charge >= 0.3 is 0 Å². The maximum atomic E-state index is 4.77. The molecule has 1 atom stereocenters. The third-order valence-electron chi connectivity index (χ3n) is 4.27. The van der Waals surface area contributed by atoms with E-state index in [0.29, 0.717) is 11.3 Å². The summed E-state index contributed by atoms with van der Waals surface area (Å²) < 4.78 is 0. The lowest BCUT2D eigenvalue weighted by Crippen LogP contribution is -2.27. The van der Waals surface area contributed by atoms with Gasteiger partial charge in [0.1, 0.15) is 5.82 Å². The molecule has 118 valence electrons. The zero-order valence-corrected chi connectivity index (χ0v) is 14.2. The van der Waals surface area contributed by atoms with E-state index >= 15 is 0 Å². The van der Waals surface area contributed by atoms with Crippen LogP contribution in [0.1, 0.15) is 46.7 Å². The predicted molar refractivity (Wildman–Crippen MR) is 88.4 cm³/mol. The van der Waals surface area contributed by atoms with Crippen molar-refractivity contribution in [3.05, 3.63) is 18.1 Å². The summed E-state index contributed by atoms with van der Waals surface area (Å²) in [5, 5.41) is 3.43. The van der Waals surface area contributed by atoms with Crippen LogP contribution in [-0.4, -0.2) is 29.6 Å². The fraction of sp³-hybridized carbons (Fsp3) is 0.765. The van der Waals surface area contributed by atoms with Gasteiger partial charge < -0.3 is 10.2 Å². The van der Waals surface area contributed by atoms with E-state index in [9.17, 15) is 0 Å². The maximum Gasteiger partial charge on any atom is 0.147 e. The van der Waals surface area contributed by atoms with Crippen molar-refractivity contribution in [1.82, 2.24) is 15.3 Å². The van der Waals surface area contributed by atoms with Gasteiger partial charge in [0.15, 0.2) is 0 Å². The maximum absolute atomic E-state index is 4.77. The van der Waals surface area contributed by atoms with Crippen molar-refractivity contribution < 1.29 is 0 Å². The second-order valence-corrected chi connectivity index (χ2v) is 7.69. The van der Waals surface area contributed by atoms with Gasteiger partial charge in [-0.25, -0.2) is 4.98 Å². The standard InChI is InChI=1S/C17H30N4/c1-13(2)8-18-9-15-10-19-11-16(20-15)21-7-6-14(12-21)17(3,4)5/h10-11,13-14,18H,6-9,12H2,1-5H3. The number of nitrogens with zero attached hydrogens (tertiary/aromatic N) is 3. The lowest BCUT2D eigenvalue weighted by atomic mass is 9.80. The molecule has 1 N–H and O–H groups in total. The van der Waals surface area contributed by atoms with Crippen LogP contribution >= 0.6 is 0 Å². The summed E-state index contributed by atoms with van der Waals surface area (Å²) in [6.07, 6.45) is 5.02. The summed E-state index contributed by atoms with van der Waals surface area (Å²) in [5.74, 6) is 2.43. The Balaban J connectivity index is 1.95. The van der Waals surface area contributed by atoms with Gasteiger partial charge in [-0.05, 0) is 30.2 Å². The van der Waals surface area contributed by atoms with Crippen molar-refractivity contribution in [2.75, 3.05) is 24.5 Å². The van der Waals surface area contributed by atoms with Crippen LogP contribution in [0.5, 0.6) is 0 Å². The van der Waals surface area contributed by atoms with Crippen molar-refractivity contribution in [2.45, 2.75) is 47.6 Å². The second kappa shape index (κ2) is 6.73. The van der Waals surface area contributed by atoms with Gasteiger partial charge in [-0.15, -0.1) is 0 Å². The molecule has 1 aliphatic rings. The Morgan fingerprint density at radius 3 is 2.71 bits per heavy atom. The van der Waals surface area contributed by atoms with Crippen molar-refractivity contribution in [3.63, 3.8) is 0 Å². The van der Waals surface area contributed by atoms with Crippen molar-refractivity contribution >= 4 is 5.82 Å². The minimum atomic E-state index is 0.374. The van der Waals surface area contributed by atoms with Crippen LogP contribution in [0, 0.1) is 17.3 Å². The number of anilines is 1. The van der Waals surface area contributed by atoms with Crippen LogP contribution in [0.2, 0.25) is 0 Å². The molecule has 1 aromatic heterocycles. The van der Waals surface area contributed by atoms with Gasteiger partial charge in [-0.2, -0.15) is 0 Å². The van der Waals surface area contributed by atoms with Crippen molar-refractivity contribution in [1.29, 1.82) is 0 Å². The first kappa shape index (κ1) is 16.2. The van der Waals surface area contributed by atoms with Crippen LogP contribution < -0.4 is 10.2 Å². The quantitative estimate of drug-likeness (QED) is 0.905. The monoisotopic (exact) mass is 290 g/mol. The highest BCUT2D eigenvalue weighted by atomic mass is 15.2. The molecule has 0 radical (unpaired) electrons. The lowest BCUT2D eigenvalue weighted by molar-refractivity contribution is 0.263.